The minimum absolute atomic E-state index is 0.184. The molecule has 0 bridgehead atoms. The molecule has 0 spiro atoms. The average Bonchev–Trinajstić information content (AvgIpc) is 2.46. The molecule has 0 aromatic carbocycles. The van der Waals surface area contributed by atoms with Crippen molar-refractivity contribution in [2.75, 3.05) is 19.6 Å². The predicted molar refractivity (Wildman–Crippen MR) is 74.3 cm³/mol. The van der Waals surface area contributed by atoms with Crippen LogP contribution in [-0.4, -0.2) is 41.5 Å². The molecule has 2 heterocycles. The van der Waals surface area contributed by atoms with Crippen LogP contribution in [-0.2, 0) is 0 Å². The first kappa shape index (κ1) is 13.8. The molecule has 1 atom stereocenters. The number of amides is 1. The van der Waals surface area contributed by atoms with Crippen molar-refractivity contribution in [1.29, 1.82) is 0 Å². The van der Waals surface area contributed by atoms with Crippen LogP contribution < -0.4 is 10.7 Å². The molecule has 1 amide bonds. The number of carbonyl (C=O) groups is 1. The van der Waals surface area contributed by atoms with E-state index in [-0.39, 0.29) is 16.9 Å². The van der Waals surface area contributed by atoms with E-state index in [2.05, 4.69) is 10.3 Å². The number of hydrogen-bond donors (Lipinski definition) is 2. The molecule has 1 fully saturated rings. The van der Waals surface area contributed by atoms with Gasteiger partial charge in [0.25, 0.3) is 5.91 Å². The molecule has 0 radical (unpaired) electrons. The largest absolute Gasteiger partial charge is 0.367 e. The standard InChI is InChI=1S/C14H21N3O2/c1-2-17(10-11-5-3-4-7-16-11)14(19)12-9-15-8-6-13(12)18/h6,8-9,11,16H,2-5,7,10H2,1H3,(H,15,18). The highest BCUT2D eigenvalue weighted by atomic mass is 16.2. The van der Waals surface area contributed by atoms with Gasteiger partial charge in [0.1, 0.15) is 5.56 Å². The smallest absolute Gasteiger partial charge is 0.259 e. The first-order valence-electron chi connectivity index (χ1n) is 6.92. The first-order chi connectivity index (χ1) is 9.22. The van der Waals surface area contributed by atoms with Gasteiger partial charge in [-0.1, -0.05) is 6.42 Å². The minimum atomic E-state index is -0.223. The summed E-state index contributed by atoms with van der Waals surface area (Å²) in [7, 11) is 0. The van der Waals surface area contributed by atoms with E-state index in [1.165, 1.54) is 31.3 Å². The monoisotopic (exact) mass is 263 g/mol. The van der Waals surface area contributed by atoms with Crippen molar-refractivity contribution >= 4 is 5.91 Å². The Morgan fingerprint density at radius 2 is 2.32 bits per heavy atom. The van der Waals surface area contributed by atoms with Crippen LogP contribution in [0.15, 0.2) is 23.3 Å². The van der Waals surface area contributed by atoms with E-state index in [1.807, 2.05) is 6.92 Å². The van der Waals surface area contributed by atoms with Crippen molar-refractivity contribution in [3.05, 3.63) is 34.2 Å². The second kappa shape index (κ2) is 6.52. The predicted octanol–water partition coefficient (Wildman–Crippen LogP) is 0.979. The van der Waals surface area contributed by atoms with Gasteiger partial charge in [-0.05, 0) is 26.3 Å². The SMILES string of the molecule is CCN(CC1CCCCN1)C(=O)c1c[nH]ccc1=O. The van der Waals surface area contributed by atoms with E-state index in [0.29, 0.717) is 19.1 Å². The summed E-state index contributed by atoms with van der Waals surface area (Å²) in [5.74, 6) is -0.184. The maximum atomic E-state index is 12.3. The molecule has 2 N–H and O–H groups in total. The van der Waals surface area contributed by atoms with Crippen molar-refractivity contribution in [2.24, 2.45) is 0 Å². The molecule has 1 unspecified atom stereocenters. The molecule has 1 aromatic heterocycles. The van der Waals surface area contributed by atoms with Gasteiger partial charge in [0.2, 0.25) is 0 Å². The van der Waals surface area contributed by atoms with E-state index >= 15 is 0 Å². The van der Waals surface area contributed by atoms with E-state index in [9.17, 15) is 9.59 Å². The van der Waals surface area contributed by atoms with Gasteiger partial charge >= 0.3 is 0 Å². The van der Waals surface area contributed by atoms with Gasteiger partial charge in [-0.15, -0.1) is 0 Å². The van der Waals surface area contributed by atoms with Gasteiger partial charge in [-0.2, -0.15) is 0 Å². The zero-order chi connectivity index (χ0) is 13.7. The lowest BCUT2D eigenvalue weighted by Crippen LogP contribution is -2.46. The maximum Gasteiger partial charge on any atom is 0.259 e. The molecule has 104 valence electrons. The highest BCUT2D eigenvalue weighted by Gasteiger charge is 2.21. The lowest BCUT2D eigenvalue weighted by molar-refractivity contribution is 0.0740. The second-order valence-electron chi connectivity index (χ2n) is 4.91. The van der Waals surface area contributed by atoms with Crippen LogP contribution in [0, 0.1) is 0 Å². The quantitative estimate of drug-likeness (QED) is 0.851. The Balaban J connectivity index is 2.06. The lowest BCUT2D eigenvalue weighted by atomic mass is 10.0. The topological polar surface area (TPSA) is 65.2 Å². The van der Waals surface area contributed by atoms with Crippen LogP contribution in [0.2, 0.25) is 0 Å². The summed E-state index contributed by atoms with van der Waals surface area (Å²) >= 11 is 0. The molecule has 1 aliphatic heterocycles. The van der Waals surface area contributed by atoms with Crippen LogP contribution >= 0.6 is 0 Å². The summed E-state index contributed by atoms with van der Waals surface area (Å²) in [6.45, 7) is 4.25. The van der Waals surface area contributed by atoms with Crippen molar-refractivity contribution in [3.8, 4) is 0 Å². The summed E-state index contributed by atoms with van der Waals surface area (Å²) in [6.07, 6.45) is 6.53. The Labute approximate surface area is 113 Å². The van der Waals surface area contributed by atoms with Crippen LogP contribution in [0.25, 0.3) is 0 Å². The molecule has 1 saturated heterocycles. The van der Waals surface area contributed by atoms with E-state index < -0.39 is 0 Å². The summed E-state index contributed by atoms with van der Waals surface area (Å²) in [6, 6.07) is 1.74. The zero-order valence-corrected chi connectivity index (χ0v) is 11.3. The summed E-state index contributed by atoms with van der Waals surface area (Å²) in [5, 5.41) is 3.43. The fraction of sp³-hybridized carbons (Fsp3) is 0.571. The molecule has 0 aliphatic carbocycles. The Morgan fingerprint density at radius 1 is 1.47 bits per heavy atom. The van der Waals surface area contributed by atoms with Gasteiger partial charge in [0, 0.05) is 37.6 Å². The molecule has 2 rings (SSSR count). The van der Waals surface area contributed by atoms with Crippen molar-refractivity contribution in [3.63, 3.8) is 0 Å². The number of hydrogen-bond acceptors (Lipinski definition) is 3. The minimum Gasteiger partial charge on any atom is -0.367 e. The molecule has 5 nitrogen and oxygen atoms in total. The number of aromatic amines is 1. The second-order valence-corrected chi connectivity index (χ2v) is 4.91. The highest BCUT2D eigenvalue weighted by Crippen LogP contribution is 2.09. The number of rotatable bonds is 4. The Bertz CT molecular complexity index is 478. The normalized spacial score (nSPS) is 19.1. The first-order valence-corrected chi connectivity index (χ1v) is 6.92. The molecule has 19 heavy (non-hydrogen) atoms. The van der Waals surface area contributed by atoms with Crippen LogP contribution in [0.4, 0.5) is 0 Å². The number of nitrogens with zero attached hydrogens (tertiary/aromatic N) is 1. The van der Waals surface area contributed by atoms with Gasteiger partial charge in [0.15, 0.2) is 5.43 Å². The van der Waals surface area contributed by atoms with Crippen molar-refractivity contribution in [1.82, 2.24) is 15.2 Å². The van der Waals surface area contributed by atoms with Gasteiger partial charge in [0.05, 0.1) is 0 Å². The average molecular weight is 263 g/mol. The van der Waals surface area contributed by atoms with E-state index in [4.69, 9.17) is 0 Å². The third-order valence-electron chi connectivity index (χ3n) is 3.58. The van der Waals surface area contributed by atoms with E-state index in [1.54, 1.807) is 4.90 Å². The molecular weight excluding hydrogens is 242 g/mol. The Morgan fingerprint density at radius 3 is 2.95 bits per heavy atom. The number of pyridine rings is 1. The number of H-pyrrole nitrogens is 1. The highest BCUT2D eigenvalue weighted by molar-refractivity contribution is 5.93. The van der Waals surface area contributed by atoms with Gasteiger partial charge in [-0.3, -0.25) is 9.59 Å². The van der Waals surface area contributed by atoms with Crippen LogP contribution in [0.5, 0.6) is 0 Å². The molecule has 0 saturated carbocycles. The van der Waals surface area contributed by atoms with Gasteiger partial charge in [-0.25, -0.2) is 0 Å². The third kappa shape index (κ3) is 3.44. The molecule has 1 aliphatic rings. The van der Waals surface area contributed by atoms with E-state index in [0.717, 1.165) is 13.0 Å². The molecule has 1 aromatic rings. The number of piperidine rings is 1. The number of nitrogens with one attached hydrogen (secondary N) is 2. The lowest BCUT2D eigenvalue weighted by Gasteiger charge is -2.29. The van der Waals surface area contributed by atoms with Crippen molar-refractivity contribution in [2.45, 2.75) is 32.2 Å². The molecular formula is C14H21N3O2. The Kier molecular flexibility index (Phi) is 4.74. The fourth-order valence-corrected chi connectivity index (χ4v) is 2.46. The molecule has 5 heteroatoms. The van der Waals surface area contributed by atoms with Crippen LogP contribution in [0.1, 0.15) is 36.5 Å². The third-order valence-corrected chi connectivity index (χ3v) is 3.58. The number of likely N-dealkylation sites (N-methyl/N-ethyl adjacent to an activating group) is 1. The Hall–Kier alpha value is -1.62. The fourth-order valence-electron chi connectivity index (χ4n) is 2.46. The number of carbonyl (C=O) groups excluding carboxylic acids is 1. The summed E-state index contributed by atoms with van der Waals surface area (Å²) in [4.78, 5) is 28.6. The van der Waals surface area contributed by atoms with Gasteiger partial charge < -0.3 is 15.2 Å². The maximum absolute atomic E-state index is 12.3. The summed E-state index contributed by atoms with van der Waals surface area (Å²) in [5.41, 5.74) is -0.000960. The van der Waals surface area contributed by atoms with Crippen LogP contribution in [0.3, 0.4) is 0 Å². The zero-order valence-electron chi connectivity index (χ0n) is 11.3. The number of aromatic nitrogens is 1. The summed E-state index contributed by atoms with van der Waals surface area (Å²) < 4.78 is 0. The van der Waals surface area contributed by atoms with Crippen molar-refractivity contribution < 1.29 is 4.79 Å².